The largest absolute Gasteiger partial charge is 0.355 e. The summed E-state index contributed by atoms with van der Waals surface area (Å²) in [5, 5.41) is 3.32. The van der Waals surface area contributed by atoms with E-state index in [0.29, 0.717) is 23.7 Å². The van der Waals surface area contributed by atoms with Crippen LogP contribution in [0.4, 0.5) is 5.69 Å². The Morgan fingerprint density at radius 3 is 2.28 bits per heavy atom. The highest BCUT2D eigenvalue weighted by Crippen LogP contribution is 2.21. The van der Waals surface area contributed by atoms with Gasteiger partial charge < -0.3 is 10.2 Å². The van der Waals surface area contributed by atoms with E-state index in [1.807, 2.05) is 19.9 Å². The van der Waals surface area contributed by atoms with E-state index in [-0.39, 0.29) is 12.5 Å². The molecule has 0 aliphatic heterocycles. The van der Waals surface area contributed by atoms with Crippen molar-refractivity contribution in [1.82, 2.24) is 10.2 Å². The molecule has 0 bridgehead atoms. The molecule has 1 N–H and O–H groups in total. The molecule has 1 atom stereocenters. The first-order chi connectivity index (χ1) is 15.1. The molecule has 32 heavy (non-hydrogen) atoms. The highest BCUT2D eigenvalue weighted by atomic mass is 35.5. The fourth-order valence-electron chi connectivity index (χ4n) is 3.39. The highest BCUT2D eigenvalue weighted by molar-refractivity contribution is 7.92. The molecule has 9 heteroatoms. The van der Waals surface area contributed by atoms with Crippen LogP contribution < -0.4 is 9.62 Å². The van der Waals surface area contributed by atoms with Gasteiger partial charge in [-0.2, -0.15) is 0 Å². The van der Waals surface area contributed by atoms with Gasteiger partial charge in [-0.05, 0) is 55.7 Å². The first kappa shape index (κ1) is 25.7. The van der Waals surface area contributed by atoms with Crippen LogP contribution in [0.1, 0.15) is 31.4 Å². The van der Waals surface area contributed by atoms with Gasteiger partial charge in [0.15, 0.2) is 0 Å². The molecular weight excluding hydrogens is 450 g/mol. The van der Waals surface area contributed by atoms with E-state index in [9.17, 15) is 18.0 Å². The lowest BCUT2D eigenvalue weighted by Crippen LogP contribution is -2.52. The second kappa shape index (κ2) is 11.3. The van der Waals surface area contributed by atoms with Gasteiger partial charge in [0, 0.05) is 18.1 Å². The molecule has 0 spiro atoms. The average Bonchev–Trinajstić information content (AvgIpc) is 2.72. The van der Waals surface area contributed by atoms with Crippen molar-refractivity contribution in [3.63, 3.8) is 0 Å². The molecule has 7 nitrogen and oxygen atoms in total. The predicted octanol–water partition coefficient (Wildman–Crippen LogP) is 3.36. The van der Waals surface area contributed by atoms with Gasteiger partial charge in [-0.15, -0.1) is 0 Å². The Labute approximate surface area is 195 Å². The molecule has 2 aromatic rings. The topological polar surface area (TPSA) is 86.8 Å². The standard InChI is InChI=1S/C23H30ClN3O4S/c1-5-21(23(29)25-6-2)26(15-18-10-12-19(24)13-11-18)22(28)16-27(32(4,30)31)20-9-7-8-17(3)14-20/h7-14,21H,5-6,15-16H2,1-4H3,(H,25,29). The maximum atomic E-state index is 13.5. The zero-order valence-corrected chi connectivity index (χ0v) is 20.4. The summed E-state index contributed by atoms with van der Waals surface area (Å²) in [6, 6.07) is 13.2. The number of hydrogen-bond acceptors (Lipinski definition) is 4. The minimum Gasteiger partial charge on any atom is -0.355 e. The third-order valence-corrected chi connectivity index (χ3v) is 6.36. The molecule has 1 unspecified atom stereocenters. The number of likely N-dealkylation sites (N-methyl/N-ethyl adjacent to an activating group) is 1. The molecule has 0 saturated carbocycles. The molecule has 0 aromatic heterocycles. The Balaban J connectivity index is 2.42. The van der Waals surface area contributed by atoms with Crippen molar-refractivity contribution in [2.24, 2.45) is 0 Å². The van der Waals surface area contributed by atoms with Crippen molar-refractivity contribution >= 4 is 39.1 Å². The van der Waals surface area contributed by atoms with Crippen LogP contribution in [-0.2, 0) is 26.2 Å². The third kappa shape index (κ3) is 6.97. The van der Waals surface area contributed by atoms with Crippen molar-refractivity contribution in [3.8, 4) is 0 Å². The summed E-state index contributed by atoms with van der Waals surface area (Å²) in [6.45, 7) is 5.64. The fraction of sp³-hybridized carbons (Fsp3) is 0.391. The molecule has 2 rings (SSSR count). The number of anilines is 1. The summed E-state index contributed by atoms with van der Waals surface area (Å²) in [5.41, 5.74) is 2.06. The first-order valence-corrected chi connectivity index (χ1v) is 12.7. The molecule has 2 amide bonds. The van der Waals surface area contributed by atoms with E-state index in [1.165, 1.54) is 4.90 Å². The Hall–Kier alpha value is -2.58. The van der Waals surface area contributed by atoms with Gasteiger partial charge in [0.05, 0.1) is 11.9 Å². The Bertz CT molecular complexity index is 1040. The van der Waals surface area contributed by atoms with Gasteiger partial charge in [-0.25, -0.2) is 8.42 Å². The summed E-state index contributed by atoms with van der Waals surface area (Å²) in [5.74, 6) is -0.747. The van der Waals surface area contributed by atoms with Gasteiger partial charge >= 0.3 is 0 Å². The highest BCUT2D eigenvalue weighted by Gasteiger charge is 2.31. The predicted molar refractivity (Wildman–Crippen MR) is 128 cm³/mol. The lowest BCUT2D eigenvalue weighted by molar-refractivity contribution is -0.140. The number of nitrogens with zero attached hydrogens (tertiary/aromatic N) is 2. The third-order valence-electron chi connectivity index (χ3n) is 4.97. The number of carbonyl (C=O) groups is 2. The summed E-state index contributed by atoms with van der Waals surface area (Å²) in [4.78, 5) is 27.6. The number of rotatable bonds is 10. The molecule has 2 aromatic carbocycles. The zero-order chi connectivity index (χ0) is 23.9. The van der Waals surface area contributed by atoms with Crippen LogP contribution in [0.3, 0.4) is 0 Å². The number of nitrogens with one attached hydrogen (secondary N) is 1. The fourth-order valence-corrected chi connectivity index (χ4v) is 4.36. The van der Waals surface area contributed by atoms with E-state index in [4.69, 9.17) is 11.6 Å². The molecule has 174 valence electrons. The van der Waals surface area contributed by atoms with Crippen LogP contribution in [0.25, 0.3) is 0 Å². The van der Waals surface area contributed by atoms with Crippen LogP contribution >= 0.6 is 11.6 Å². The maximum Gasteiger partial charge on any atom is 0.244 e. The zero-order valence-electron chi connectivity index (χ0n) is 18.8. The van der Waals surface area contributed by atoms with Gasteiger partial charge in [0.2, 0.25) is 21.8 Å². The molecule has 0 radical (unpaired) electrons. The molecule has 0 fully saturated rings. The van der Waals surface area contributed by atoms with E-state index < -0.39 is 28.5 Å². The second-order valence-electron chi connectivity index (χ2n) is 7.58. The van der Waals surface area contributed by atoms with Crippen LogP contribution in [0.2, 0.25) is 5.02 Å². The smallest absolute Gasteiger partial charge is 0.244 e. The lowest BCUT2D eigenvalue weighted by atomic mass is 10.1. The minimum atomic E-state index is -3.74. The Morgan fingerprint density at radius 1 is 1.09 bits per heavy atom. The van der Waals surface area contributed by atoms with Gasteiger partial charge in [-0.1, -0.05) is 42.8 Å². The molecule has 0 heterocycles. The number of carbonyl (C=O) groups excluding carboxylic acids is 2. The first-order valence-electron chi connectivity index (χ1n) is 10.4. The molecule has 0 saturated heterocycles. The number of hydrogen-bond donors (Lipinski definition) is 1. The number of aryl methyl sites for hydroxylation is 1. The van der Waals surface area contributed by atoms with Crippen molar-refractivity contribution in [2.75, 3.05) is 23.7 Å². The van der Waals surface area contributed by atoms with Crippen molar-refractivity contribution in [2.45, 2.75) is 39.8 Å². The Kier molecular flexibility index (Phi) is 9.09. The normalized spacial score (nSPS) is 12.2. The van der Waals surface area contributed by atoms with E-state index >= 15 is 0 Å². The van der Waals surface area contributed by atoms with E-state index in [0.717, 1.165) is 21.7 Å². The van der Waals surface area contributed by atoms with Crippen LogP contribution in [-0.4, -0.2) is 50.5 Å². The van der Waals surface area contributed by atoms with Crippen LogP contribution in [0, 0.1) is 6.92 Å². The number of amides is 2. The molecule has 0 aliphatic rings. The maximum absolute atomic E-state index is 13.5. The summed E-state index contributed by atoms with van der Waals surface area (Å²) in [7, 11) is -3.74. The molecule has 0 aliphatic carbocycles. The van der Waals surface area contributed by atoms with Gasteiger partial charge in [0.1, 0.15) is 12.6 Å². The average molecular weight is 480 g/mol. The van der Waals surface area contributed by atoms with Gasteiger partial charge in [0.25, 0.3) is 0 Å². The monoisotopic (exact) mass is 479 g/mol. The number of halogens is 1. The van der Waals surface area contributed by atoms with Crippen LogP contribution in [0.15, 0.2) is 48.5 Å². The quantitative estimate of drug-likeness (QED) is 0.566. The van der Waals surface area contributed by atoms with Crippen LogP contribution in [0.5, 0.6) is 0 Å². The van der Waals surface area contributed by atoms with Crippen molar-refractivity contribution in [1.29, 1.82) is 0 Å². The van der Waals surface area contributed by atoms with E-state index in [1.54, 1.807) is 49.4 Å². The summed E-state index contributed by atoms with van der Waals surface area (Å²) in [6.07, 6.45) is 1.45. The summed E-state index contributed by atoms with van der Waals surface area (Å²) < 4.78 is 26.1. The van der Waals surface area contributed by atoms with E-state index in [2.05, 4.69) is 5.32 Å². The SMILES string of the molecule is CCNC(=O)C(CC)N(Cc1ccc(Cl)cc1)C(=O)CN(c1cccc(C)c1)S(C)(=O)=O. The Morgan fingerprint density at radius 2 is 1.75 bits per heavy atom. The van der Waals surface area contributed by atoms with Gasteiger partial charge in [-0.3, -0.25) is 13.9 Å². The lowest BCUT2D eigenvalue weighted by Gasteiger charge is -2.32. The summed E-state index contributed by atoms with van der Waals surface area (Å²) >= 11 is 5.97. The van der Waals surface area contributed by atoms with Crippen molar-refractivity contribution < 1.29 is 18.0 Å². The van der Waals surface area contributed by atoms with Crippen molar-refractivity contribution in [3.05, 3.63) is 64.7 Å². The number of benzene rings is 2. The second-order valence-corrected chi connectivity index (χ2v) is 9.92. The molecular formula is C23H30ClN3O4S. The number of sulfonamides is 1. The minimum absolute atomic E-state index is 0.150.